The second-order valence-corrected chi connectivity index (χ2v) is 5.29. The number of hydrogen-bond donors (Lipinski definition) is 0. The van der Waals surface area contributed by atoms with Gasteiger partial charge in [-0.2, -0.15) is 0 Å². The van der Waals surface area contributed by atoms with Crippen LogP contribution < -0.4 is 0 Å². The van der Waals surface area contributed by atoms with Gasteiger partial charge in [0, 0.05) is 21.9 Å². The lowest BCUT2D eigenvalue weighted by molar-refractivity contribution is 0.0990. The SMILES string of the molecule is CSc1ccccc1C(=O)Cc1ccc(F)cc1Cl. The molecule has 0 atom stereocenters. The lowest BCUT2D eigenvalue weighted by Crippen LogP contribution is -2.05. The van der Waals surface area contributed by atoms with Crippen LogP contribution in [0.1, 0.15) is 15.9 Å². The fourth-order valence-corrected chi connectivity index (χ4v) is 2.66. The predicted octanol–water partition coefficient (Wildman–Crippen LogP) is 4.63. The zero-order chi connectivity index (χ0) is 13.8. The number of hydrogen-bond acceptors (Lipinski definition) is 2. The van der Waals surface area contributed by atoms with Gasteiger partial charge in [0.15, 0.2) is 5.78 Å². The maximum atomic E-state index is 13.0. The van der Waals surface area contributed by atoms with E-state index in [2.05, 4.69) is 0 Å². The number of ketones is 1. The first-order chi connectivity index (χ1) is 9.11. The molecule has 19 heavy (non-hydrogen) atoms. The summed E-state index contributed by atoms with van der Waals surface area (Å²) in [4.78, 5) is 13.2. The Bertz CT molecular complexity index is 613. The summed E-state index contributed by atoms with van der Waals surface area (Å²) >= 11 is 7.46. The molecule has 2 aromatic carbocycles. The average molecular weight is 295 g/mol. The Morgan fingerprint density at radius 2 is 2.00 bits per heavy atom. The normalized spacial score (nSPS) is 10.5. The molecule has 0 saturated carbocycles. The van der Waals surface area contributed by atoms with Crippen LogP contribution in [0.4, 0.5) is 4.39 Å². The molecule has 0 aliphatic heterocycles. The van der Waals surface area contributed by atoms with Gasteiger partial charge in [-0.3, -0.25) is 4.79 Å². The van der Waals surface area contributed by atoms with Gasteiger partial charge in [-0.1, -0.05) is 35.9 Å². The van der Waals surface area contributed by atoms with Crippen molar-refractivity contribution in [1.82, 2.24) is 0 Å². The van der Waals surface area contributed by atoms with Crippen LogP contribution in [-0.4, -0.2) is 12.0 Å². The summed E-state index contributed by atoms with van der Waals surface area (Å²) in [6, 6.07) is 11.5. The van der Waals surface area contributed by atoms with Crippen molar-refractivity contribution in [3.05, 3.63) is 64.4 Å². The summed E-state index contributed by atoms with van der Waals surface area (Å²) in [5.41, 5.74) is 1.32. The molecule has 98 valence electrons. The van der Waals surface area contributed by atoms with Crippen molar-refractivity contribution in [2.75, 3.05) is 6.26 Å². The fourth-order valence-electron chi connectivity index (χ4n) is 1.81. The van der Waals surface area contributed by atoms with E-state index in [-0.39, 0.29) is 17.2 Å². The zero-order valence-corrected chi connectivity index (χ0v) is 11.9. The van der Waals surface area contributed by atoms with Crippen LogP contribution in [0.15, 0.2) is 47.4 Å². The number of benzene rings is 2. The maximum Gasteiger partial charge on any atom is 0.168 e. The Hall–Kier alpha value is -1.32. The molecule has 0 radical (unpaired) electrons. The third-order valence-electron chi connectivity index (χ3n) is 2.77. The van der Waals surface area contributed by atoms with Gasteiger partial charge in [-0.05, 0) is 30.0 Å². The molecule has 0 aliphatic carbocycles. The van der Waals surface area contributed by atoms with Crippen LogP contribution in [0.2, 0.25) is 5.02 Å². The highest BCUT2D eigenvalue weighted by atomic mass is 35.5. The molecule has 0 N–H and O–H groups in total. The Labute approximate surface area is 120 Å². The second kappa shape index (κ2) is 6.22. The van der Waals surface area contributed by atoms with Gasteiger partial charge < -0.3 is 0 Å². The van der Waals surface area contributed by atoms with E-state index >= 15 is 0 Å². The van der Waals surface area contributed by atoms with Crippen molar-refractivity contribution in [3.63, 3.8) is 0 Å². The Kier molecular flexibility index (Phi) is 4.61. The van der Waals surface area contributed by atoms with Crippen LogP contribution in [0.5, 0.6) is 0 Å². The highest BCUT2D eigenvalue weighted by molar-refractivity contribution is 7.98. The van der Waals surface area contributed by atoms with E-state index in [0.29, 0.717) is 11.1 Å². The average Bonchev–Trinajstić information content (AvgIpc) is 2.41. The van der Waals surface area contributed by atoms with Gasteiger partial charge >= 0.3 is 0 Å². The van der Waals surface area contributed by atoms with E-state index in [0.717, 1.165) is 4.90 Å². The van der Waals surface area contributed by atoms with E-state index in [1.54, 1.807) is 12.1 Å². The minimum Gasteiger partial charge on any atom is -0.294 e. The third-order valence-corrected chi connectivity index (χ3v) is 3.92. The van der Waals surface area contributed by atoms with Gasteiger partial charge in [0.05, 0.1) is 0 Å². The Balaban J connectivity index is 2.26. The van der Waals surface area contributed by atoms with Crippen molar-refractivity contribution in [1.29, 1.82) is 0 Å². The van der Waals surface area contributed by atoms with Gasteiger partial charge in [-0.15, -0.1) is 11.8 Å². The minimum absolute atomic E-state index is 0.0153. The van der Waals surface area contributed by atoms with Crippen molar-refractivity contribution < 1.29 is 9.18 Å². The molecule has 0 bridgehead atoms. The van der Waals surface area contributed by atoms with Crippen molar-refractivity contribution in [2.45, 2.75) is 11.3 Å². The molecular weight excluding hydrogens is 283 g/mol. The highest BCUT2D eigenvalue weighted by Gasteiger charge is 2.13. The molecule has 1 nitrogen and oxygen atoms in total. The standard InChI is InChI=1S/C15H12ClFOS/c1-19-15-5-3-2-4-12(15)14(18)8-10-6-7-11(17)9-13(10)16/h2-7,9H,8H2,1H3. The van der Waals surface area contributed by atoms with Crippen LogP contribution >= 0.6 is 23.4 Å². The summed E-state index contributed by atoms with van der Waals surface area (Å²) in [6.45, 7) is 0. The lowest BCUT2D eigenvalue weighted by atomic mass is 10.0. The fraction of sp³-hybridized carbons (Fsp3) is 0.133. The van der Waals surface area contributed by atoms with Crippen molar-refractivity contribution >= 4 is 29.1 Å². The third kappa shape index (κ3) is 3.37. The lowest BCUT2D eigenvalue weighted by Gasteiger charge is -2.07. The second-order valence-electron chi connectivity index (χ2n) is 4.04. The molecule has 0 spiro atoms. The number of thioether (sulfide) groups is 1. The Morgan fingerprint density at radius 3 is 2.68 bits per heavy atom. The predicted molar refractivity (Wildman–Crippen MR) is 77.7 cm³/mol. The van der Waals surface area contributed by atoms with Gasteiger partial charge in [0.1, 0.15) is 5.82 Å². The number of carbonyl (C=O) groups excluding carboxylic acids is 1. The molecule has 2 aromatic rings. The Morgan fingerprint density at radius 1 is 1.26 bits per heavy atom. The zero-order valence-electron chi connectivity index (χ0n) is 10.3. The molecule has 0 aromatic heterocycles. The van der Waals surface area contributed by atoms with E-state index in [9.17, 15) is 9.18 Å². The van der Waals surface area contributed by atoms with Gasteiger partial charge in [0.25, 0.3) is 0 Å². The number of carbonyl (C=O) groups is 1. The summed E-state index contributed by atoms with van der Waals surface area (Å²) < 4.78 is 13.0. The molecular formula is C15H12ClFOS. The molecule has 0 aliphatic rings. The van der Waals surface area contributed by atoms with Gasteiger partial charge in [-0.25, -0.2) is 4.39 Å². The number of halogens is 2. The van der Waals surface area contributed by atoms with E-state index < -0.39 is 5.82 Å². The van der Waals surface area contributed by atoms with Crippen LogP contribution in [0.3, 0.4) is 0 Å². The summed E-state index contributed by atoms with van der Waals surface area (Å²) in [7, 11) is 0. The first-order valence-electron chi connectivity index (χ1n) is 5.72. The molecule has 0 unspecified atom stereocenters. The number of rotatable bonds is 4. The molecule has 0 heterocycles. The maximum absolute atomic E-state index is 13.0. The first kappa shape index (κ1) is 14.1. The molecule has 0 amide bonds. The molecule has 2 rings (SSSR count). The topological polar surface area (TPSA) is 17.1 Å². The van der Waals surface area contributed by atoms with E-state index in [1.165, 1.54) is 23.9 Å². The first-order valence-corrected chi connectivity index (χ1v) is 7.32. The van der Waals surface area contributed by atoms with Crippen LogP contribution in [-0.2, 0) is 6.42 Å². The molecule has 0 fully saturated rings. The van der Waals surface area contributed by atoms with Crippen LogP contribution in [0, 0.1) is 5.82 Å². The smallest absolute Gasteiger partial charge is 0.168 e. The number of Topliss-reactive ketones (excluding diaryl/α,β-unsaturated/α-hetero) is 1. The van der Waals surface area contributed by atoms with E-state index in [4.69, 9.17) is 11.6 Å². The minimum atomic E-state index is -0.397. The van der Waals surface area contributed by atoms with E-state index in [1.807, 2.05) is 24.5 Å². The molecule has 0 saturated heterocycles. The van der Waals surface area contributed by atoms with Crippen LogP contribution in [0.25, 0.3) is 0 Å². The highest BCUT2D eigenvalue weighted by Crippen LogP contribution is 2.24. The monoisotopic (exact) mass is 294 g/mol. The summed E-state index contributed by atoms with van der Waals surface area (Å²) in [5, 5.41) is 0.287. The van der Waals surface area contributed by atoms with Crippen molar-refractivity contribution in [3.8, 4) is 0 Å². The molecule has 4 heteroatoms. The summed E-state index contributed by atoms with van der Waals surface area (Å²) in [6.07, 6.45) is 2.10. The van der Waals surface area contributed by atoms with Crippen molar-refractivity contribution in [2.24, 2.45) is 0 Å². The van der Waals surface area contributed by atoms with Gasteiger partial charge in [0.2, 0.25) is 0 Å². The quantitative estimate of drug-likeness (QED) is 0.604. The largest absolute Gasteiger partial charge is 0.294 e. The summed E-state index contributed by atoms with van der Waals surface area (Å²) in [5.74, 6) is -0.413.